The zero-order chi connectivity index (χ0) is 16.0. The molecule has 5 nitrogen and oxygen atoms in total. The normalized spacial score (nSPS) is 13.3. The smallest absolute Gasteiger partial charge is 0.321 e. The molecule has 0 heterocycles. The third kappa shape index (κ3) is 6.27. The summed E-state index contributed by atoms with van der Waals surface area (Å²) >= 11 is 0. The molecule has 2 N–H and O–H groups in total. The summed E-state index contributed by atoms with van der Waals surface area (Å²) in [5.41, 5.74) is 1.78. The van der Waals surface area contributed by atoms with Crippen molar-refractivity contribution in [2.45, 2.75) is 45.4 Å². The Morgan fingerprint density at radius 3 is 2.14 bits per heavy atom. The van der Waals surface area contributed by atoms with Gasteiger partial charge in [-0.25, -0.2) is 13.1 Å². The van der Waals surface area contributed by atoms with Gasteiger partial charge in [-0.2, -0.15) is 0 Å². The fourth-order valence-electron chi connectivity index (χ4n) is 2.02. The molecule has 0 saturated heterocycles. The number of carboxylic acids is 1. The number of rotatable bonds is 8. The van der Waals surface area contributed by atoms with E-state index in [1.54, 1.807) is 12.1 Å². The van der Waals surface area contributed by atoms with Crippen LogP contribution < -0.4 is 4.72 Å². The van der Waals surface area contributed by atoms with Crippen molar-refractivity contribution in [3.8, 4) is 0 Å². The maximum absolute atomic E-state index is 12.1. The second-order valence-electron chi connectivity index (χ2n) is 5.57. The third-order valence-electron chi connectivity index (χ3n) is 3.11. The molecule has 0 spiro atoms. The minimum atomic E-state index is -3.67. The molecule has 1 aromatic rings. The molecule has 118 valence electrons. The third-order valence-corrected chi connectivity index (χ3v) is 4.47. The first kappa shape index (κ1) is 17.7. The monoisotopic (exact) mass is 313 g/mol. The van der Waals surface area contributed by atoms with E-state index in [1.807, 2.05) is 32.9 Å². The van der Waals surface area contributed by atoms with Crippen molar-refractivity contribution in [3.05, 3.63) is 35.4 Å². The number of benzene rings is 1. The summed E-state index contributed by atoms with van der Waals surface area (Å²) in [4.78, 5) is 11.1. The molecule has 0 saturated carbocycles. The molecule has 1 atom stereocenters. The van der Waals surface area contributed by atoms with Crippen molar-refractivity contribution in [1.82, 2.24) is 4.72 Å². The number of hydrogen-bond acceptors (Lipinski definition) is 3. The lowest BCUT2D eigenvalue weighted by atomic mass is 10.1. The second kappa shape index (κ2) is 7.56. The van der Waals surface area contributed by atoms with Crippen LogP contribution in [0.4, 0.5) is 0 Å². The Hall–Kier alpha value is -1.40. The number of hydrogen-bond donors (Lipinski definition) is 2. The standard InChI is InChI=1S/C15H23NO4S/c1-4-12-5-7-13(8-6-12)10-21(19,20)16-14(15(17)18)9-11(2)3/h5-8,11,14,16H,4,9-10H2,1-3H3,(H,17,18)/t14-/m1/s1. The SMILES string of the molecule is CCc1ccc(CS(=O)(=O)N[C@H](CC(C)C)C(=O)O)cc1. The molecule has 0 aliphatic heterocycles. The zero-order valence-corrected chi connectivity index (χ0v) is 13.5. The highest BCUT2D eigenvalue weighted by Gasteiger charge is 2.24. The molecule has 6 heteroatoms. The number of carboxylic acid groups (broad SMARTS) is 1. The topological polar surface area (TPSA) is 83.5 Å². The summed E-state index contributed by atoms with van der Waals surface area (Å²) in [5.74, 6) is -1.26. The number of nitrogens with one attached hydrogen (secondary N) is 1. The largest absolute Gasteiger partial charge is 0.480 e. The summed E-state index contributed by atoms with van der Waals surface area (Å²) in [5, 5.41) is 9.09. The van der Waals surface area contributed by atoms with Gasteiger partial charge in [0.25, 0.3) is 0 Å². The molecule has 0 unspecified atom stereocenters. The zero-order valence-electron chi connectivity index (χ0n) is 12.7. The van der Waals surface area contributed by atoms with E-state index in [9.17, 15) is 13.2 Å². The maximum Gasteiger partial charge on any atom is 0.321 e. The van der Waals surface area contributed by atoms with Gasteiger partial charge in [-0.15, -0.1) is 0 Å². The van der Waals surface area contributed by atoms with Gasteiger partial charge in [0.15, 0.2) is 0 Å². The highest BCUT2D eigenvalue weighted by atomic mass is 32.2. The predicted octanol–water partition coefficient (Wildman–Crippen LogP) is 2.17. The Labute approximate surface area is 126 Å². The number of aliphatic carboxylic acids is 1. The lowest BCUT2D eigenvalue weighted by Crippen LogP contribution is -2.42. The molecule has 0 bridgehead atoms. The lowest BCUT2D eigenvalue weighted by molar-refractivity contribution is -0.139. The van der Waals surface area contributed by atoms with Gasteiger partial charge in [-0.3, -0.25) is 4.79 Å². The van der Waals surface area contributed by atoms with Crippen LogP contribution in [0.1, 0.15) is 38.3 Å². The van der Waals surface area contributed by atoms with Crippen molar-refractivity contribution in [2.24, 2.45) is 5.92 Å². The van der Waals surface area contributed by atoms with E-state index < -0.39 is 22.0 Å². The van der Waals surface area contributed by atoms with Gasteiger partial charge in [-0.05, 0) is 29.9 Å². The van der Waals surface area contributed by atoms with Gasteiger partial charge < -0.3 is 5.11 Å². The Morgan fingerprint density at radius 2 is 1.71 bits per heavy atom. The molecule has 1 rings (SSSR count). The van der Waals surface area contributed by atoms with E-state index in [2.05, 4.69) is 4.72 Å². The van der Waals surface area contributed by atoms with Crippen LogP contribution >= 0.6 is 0 Å². The molecule has 0 radical (unpaired) electrons. The molecule has 0 amide bonds. The van der Waals surface area contributed by atoms with Crippen LogP contribution in [0.2, 0.25) is 0 Å². The molecule has 0 aromatic heterocycles. The van der Waals surface area contributed by atoms with Crippen molar-refractivity contribution in [3.63, 3.8) is 0 Å². The predicted molar refractivity (Wildman–Crippen MR) is 82.5 cm³/mol. The van der Waals surface area contributed by atoms with E-state index >= 15 is 0 Å². The molecule has 21 heavy (non-hydrogen) atoms. The minimum absolute atomic E-state index is 0.0950. The lowest BCUT2D eigenvalue weighted by Gasteiger charge is -2.16. The molecular formula is C15H23NO4S. The Bertz CT molecular complexity index is 564. The molecule has 0 fully saturated rings. The Morgan fingerprint density at radius 1 is 1.19 bits per heavy atom. The number of carbonyl (C=O) groups is 1. The summed E-state index contributed by atoms with van der Waals surface area (Å²) in [6, 6.07) is 6.21. The average molecular weight is 313 g/mol. The Kier molecular flexibility index (Phi) is 6.36. The van der Waals surface area contributed by atoms with Gasteiger partial charge >= 0.3 is 5.97 Å². The fourth-order valence-corrected chi connectivity index (χ4v) is 3.36. The summed E-state index contributed by atoms with van der Waals surface area (Å²) < 4.78 is 26.4. The molecule has 0 aliphatic carbocycles. The van der Waals surface area contributed by atoms with Gasteiger partial charge in [0, 0.05) is 0 Å². The van der Waals surface area contributed by atoms with Crippen LogP contribution in [-0.2, 0) is 27.0 Å². The Balaban J connectivity index is 2.77. The van der Waals surface area contributed by atoms with Crippen molar-refractivity contribution in [1.29, 1.82) is 0 Å². The molecule has 0 aliphatic rings. The van der Waals surface area contributed by atoms with Crippen LogP contribution in [0.3, 0.4) is 0 Å². The van der Waals surface area contributed by atoms with Gasteiger partial charge in [0.1, 0.15) is 6.04 Å². The highest BCUT2D eigenvalue weighted by Crippen LogP contribution is 2.11. The van der Waals surface area contributed by atoms with E-state index in [4.69, 9.17) is 5.11 Å². The average Bonchev–Trinajstić information content (AvgIpc) is 2.37. The first-order chi connectivity index (χ1) is 9.73. The quantitative estimate of drug-likeness (QED) is 0.770. The van der Waals surface area contributed by atoms with Gasteiger partial charge in [-0.1, -0.05) is 45.0 Å². The minimum Gasteiger partial charge on any atom is -0.480 e. The van der Waals surface area contributed by atoms with Crippen molar-refractivity contribution in [2.75, 3.05) is 0 Å². The maximum atomic E-state index is 12.1. The van der Waals surface area contributed by atoms with Gasteiger partial charge in [0.05, 0.1) is 5.75 Å². The summed E-state index contributed by atoms with van der Waals surface area (Å²) in [6.45, 7) is 5.73. The van der Waals surface area contributed by atoms with E-state index in [-0.39, 0.29) is 18.1 Å². The molecular weight excluding hydrogens is 290 g/mol. The summed E-state index contributed by atoms with van der Waals surface area (Å²) in [7, 11) is -3.67. The van der Waals surface area contributed by atoms with Crippen molar-refractivity contribution >= 4 is 16.0 Å². The number of aryl methyl sites for hydroxylation is 1. The van der Waals surface area contributed by atoms with Crippen LogP contribution in [0.25, 0.3) is 0 Å². The van der Waals surface area contributed by atoms with E-state index in [1.165, 1.54) is 0 Å². The fraction of sp³-hybridized carbons (Fsp3) is 0.533. The van der Waals surface area contributed by atoms with Crippen LogP contribution in [0.15, 0.2) is 24.3 Å². The molecule has 1 aromatic carbocycles. The first-order valence-electron chi connectivity index (χ1n) is 7.04. The highest BCUT2D eigenvalue weighted by molar-refractivity contribution is 7.88. The van der Waals surface area contributed by atoms with Crippen molar-refractivity contribution < 1.29 is 18.3 Å². The van der Waals surface area contributed by atoms with Crippen LogP contribution in [0, 0.1) is 5.92 Å². The van der Waals surface area contributed by atoms with E-state index in [0.29, 0.717) is 5.56 Å². The van der Waals surface area contributed by atoms with Crippen LogP contribution in [0.5, 0.6) is 0 Å². The van der Waals surface area contributed by atoms with E-state index in [0.717, 1.165) is 12.0 Å². The number of sulfonamides is 1. The summed E-state index contributed by atoms with van der Waals surface area (Å²) in [6.07, 6.45) is 1.16. The second-order valence-corrected chi connectivity index (χ2v) is 7.32. The van der Waals surface area contributed by atoms with Crippen LogP contribution in [-0.4, -0.2) is 25.5 Å². The first-order valence-corrected chi connectivity index (χ1v) is 8.69. The van der Waals surface area contributed by atoms with Gasteiger partial charge in [0.2, 0.25) is 10.0 Å².